The lowest BCUT2D eigenvalue weighted by Crippen LogP contribution is -2.26. The molecule has 0 aliphatic carbocycles. The highest BCUT2D eigenvalue weighted by Gasteiger charge is 2.27. The van der Waals surface area contributed by atoms with Crippen LogP contribution in [0.4, 0.5) is 14.5 Å². The fourth-order valence-corrected chi connectivity index (χ4v) is 2.52. The summed E-state index contributed by atoms with van der Waals surface area (Å²) in [4.78, 5) is 15.8. The van der Waals surface area contributed by atoms with Crippen molar-refractivity contribution in [3.8, 4) is 0 Å². The van der Waals surface area contributed by atoms with E-state index in [0.717, 1.165) is 12.3 Å². The first kappa shape index (κ1) is 20.0. The highest BCUT2D eigenvalue weighted by atomic mass is 32.2. The van der Waals surface area contributed by atoms with Crippen molar-refractivity contribution >= 4 is 28.7 Å². The number of nitrogens with one attached hydrogen (secondary N) is 1. The van der Waals surface area contributed by atoms with Gasteiger partial charge >= 0.3 is 0 Å². The lowest BCUT2D eigenvalue weighted by molar-refractivity contribution is 0.102. The van der Waals surface area contributed by atoms with Gasteiger partial charge in [0.05, 0.1) is 11.9 Å². The molecule has 5 nitrogen and oxygen atoms in total. The summed E-state index contributed by atoms with van der Waals surface area (Å²) < 4.78 is 42.6. The second kappa shape index (κ2) is 7.92. The van der Waals surface area contributed by atoms with Gasteiger partial charge in [0.2, 0.25) is 0 Å². The number of hydrogen-bond donors (Lipinski definition) is 1. The van der Waals surface area contributed by atoms with Crippen molar-refractivity contribution in [1.29, 1.82) is 0 Å². The third-order valence-electron chi connectivity index (χ3n) is 3.32. The number of amides is 1. The van der Waals surface area contributed by atoms with Crippen molar-refractivity contribution in [2.75, 3.05) is 5.32 Å². The zero-order valence-electron chi connectivity index (χ0n) is 14.8. The minimum absolute atomic E-state index is 0.0245. The molecule has 2 aromatic rings. The summed E-state index contributed by atoms with van der Waals surface area (Å²) in [5.74, 6) is -1.66. The van der Waals surface area contributed by atoms with Crippen molar-refractivity contribution in [1.82, 2.24) is 4.98 Å². The third-order valence-corrected chi connectivity index (χ3v) is 4.81. The highest BCUT2D eigenvalue weighted by Crippen LogP contribution is 2.21. The standard InChI is InChI=1S/C18H19F2N3O2S/c1-11(23-26(25)18(2,3)4)14-9-13(6-7-15(14)20)22-17(24)16-8-5-12(19)10-21-16/h5-10H,1-4H3,(H,22,24)/b23-11+. The Morgan fingerprint density at radius 2 is 1.92 bits per heavy atom. The van der Waals surface area contributed by atoms with Crippen LogP contribution in [0.3, 0.4) is 0 Å². The van der Waals surface area contributed by atoms with Gasteiger partial charge < -0.3 is 9.87 Å². The first-order valence-electron chi connectivity index (χ1n) is 7.78. The first-order valence-corrected chi connectivity index (χ1v) is 8.88. The Labute approximate surface area is 153 Å². The average Bonchev–Trinajstić information content (AvgIpc) is 2.56. The number of benzene rings is 1. The number of nitrogens with zero attached hydrogens (tertiary/aromatic N) is 2. The summed E-state index contributed by atoms with van der Waals surface area (Å²) >= 11 is -1.54. The van der Waals surface area contributed by atoms with E-state index in [2.05, 4.69) is 14.7 Å². The van der Waals surface area contributed by atoms with Crippen LogP contribution in [-0.4, -0.2) is 25.9 Å². The largest absolute Gasteiger partial charge is 0.591 e. The van der Waals surface area contributed by atoms with E-state index < -0.39 is 33.7 Å². The van der Waals surface area contributed by atoms with Crippen LogP contribution in [0.1, 0.15) is 43.7 Å². The molecule has 8 heteroatoms. The van der Waals surface area contributed by atoms with Crippen molar-refractivity contribution < 1.29 is 18.1 Å². The van der Waals surface area contributed by atoms with E-state index in [0.29, 0.717) is 5.69 Å². The van der Waals surface area contributed by atoms with Crippen LogP contribution in [0, 0.1) is 11.6 Å². The van der Waals surface area contributed by atoms with Gasteiger partial charge in [0.1, 0.15) is 33.4 Å². The van der Waals surface area contributed by atoms with Gasteiger partial charge in [-0.05, 0) is 58.0 Å². The molecule has 0 fully saturated rings. The lowest BCUT2D eigenvalue weighted by Gasteiger charge is -2.19. The number of halogens is 2. The fourth-order valence-electron chi connectivity index (χ4n) is 1.90. The molecule has 1 amide bonds. The number of carbonyl (C=O) groups is 1. The Kier molecular flexibility index (Phi) is 6.09. The van der Waals surface area contributed by atoms with Crippen molar-refractivity contribution in [3.05, 3.63) is 59.4 Å². The summed E-state index contributed by atoms with van der Waals surface area (Å²) in [5.41, 5.74) is 0.726. The van der Waals surface area contributed by atoms with E-state index >= 15 is 0 Å². The van der Waals surface area contributed by atoms with E-state index in [4.69, 9.17) is 0 Å². The second-order valence-corrected chi connectivity index (χ2v) is 8.45. The molecule has 1 aromatic carbocycles. The predicted octanol–water partition coefficient (Wildman–Crippen LogP) is 3.88. The minimum Gasteiger partial charge on any atom is -0.591 e. The molecule has 0 aliphatic heterocycles. The van der Waals surface area contributed by atoms with Crippen molar-refractivity contribution in [3.63, 3.8) is 0 Å². The monoisotopic (exact) mass is 379 g/mol. The summed E-state index contributed by atoms with van der Waals surface area (Å²) in [6.07, 6.45) is 0.934. The number of carbonyl (C=O) groups excluding carboxylic acids is 1. The maximum atomic E-state index is 14.1. The van der Waals surface area contributed by atoms with Crippen LogP contribution in [-0.2, 0) is 11.4 Å². The third kappa shape index (κ3) is 5.09. The SMILES string of the molecule is C/C(=N\[S+]([O-])C(C)(C)C)c1cc(NC(=O)c2ccc(F)cn2)ccc1F. The smallest absolute Gasteiger partial charge is 0.274 e. The van der Waals surface area contributed by atoms with Crippen LogP contribution in [0.15, 0.2) is 40.9 Å². The quantitative estimate of drug-likeness (QED) is 0.647. The summed E-state index contributed by atoms with van der Waals surface area (Å²) in [7, 11) is 0. The summed E-state index contributed by atoms with van der Waals surface area (Å²) in [6, 6.07) is 6.33. The summed E-state index contributed by atoms with van der Waals surface area (Å²) in [6.45, 7) is 6.85. The van der Waals surface area contributed by atoms with Gasteiger partial charge in [0, 0.05) is 11.3 Å². The van der Waals surface area contributed by atoms with E-state index in [-0.39, 0.29) is 17.0 Å². The van der Waals surface area contributed by atoms with Crippen molar-refractivity contribution in [2.45, 2.75) is 32.4 Å². The molecule has 0 radical (unpaired) electrons. The molecular weight excluding hydrogens is 360 g/mol. The van der Waals surface area contributed by atoms with Crippen LogP contribution in [0.25, 0.3) is 0 Å². The predicted molar refractivity (Wildman–Crippen MR) is 98.7 cm³/mol. The molecule has 1 atom stereocenters. The molecule has 0 spiro atoms. The number of aromatic nitrogens is 1. The molecule has 1 heterocycles. The second-order valence-electron chi connectivity index (χ2n) is 6.55. The number of anilines is 1. The van der Waals surface area contributed by atoms with Crippen LogP contribution in [0.2, 0.25) is 0 Å². The van der Waals surface area contributed by atoms with Gasteiger partial charge in [-0.2, -0.15) is 0 Å². The molecule has 2 rings (SSSR count). The minimum atomic E-state index is -1.54. The first-order chi connectivity index (χ1) is 12.1. The Bertz CT molecular complexity index is 833. The van der Waals surface area contributed by atoms with E-state index in [9.17, 15) is 18.1 Å². The lowest BCUT2D eigenvalue weighted by atomic mass is 10.1. The molecule has 0 aliphatic rings. The molecule has 0 saturated heterocycles. The van der Waals surface area contributed by atoms with E-state index in [1.165, 1.54) is 24.3 Å². The molecule has 0 saturated carbocycles. The Hall–Kier alpha value is -2.32. The maximum absolute atomic E-state index is 14.1. The zero-order valence-corrected chi connectivity index (χ0v) is 15.7. The van der Waals surface area contributed by atoms with E-state index in [1.54, 1.807) is 27.7 Å². The molecule has 26 heavy (non-hydrogen) atoms. The summed E-state index contributed by atoms with van der Waals surface area (Å²) in [5, 5.41) is 2.56. The molecule has 1 N–H and O–H groups in total. The Morgan fingerprint density at radius 1 is 1.23 bits per heavy atom. The van der Waals surface area contributed by atoms with Crippen LogP contribution in [0.5, 0.6) is 0 Å². The molecule has 0 bridgehead atoms. The number of rotatable bonds is 4. The van der Waals surface area contributed by atoms with Gasteiger partial charge in [-0.25, -0.2) is 13.8 Å². The molecule has 138 valence electrons. The van der Waals surface area contributed by atoms with Gasteiger partial charge in [0.25, 0.3) is 5.91 Å². The number of pyridine rings is 1. The molecule has 1 unspecified atom stereocenters. The van der Waals surface area contributed by atoms with Gasteiger partial charge in [-0.3, -0.25) is 4.79 Å². The zero-order chi connectivity index (χ0) is 19.5. The number of hydrogen-bond acceptors (Lipinski definition) is 4. The fraction of sp³-hybridized carbons (Fsp3) is 0.278. The highest BCUT2D eigenvalue weighted by molar-refractivity contribution is 7.91. The topological polar surface area (TPSA) is 77.4 Å². The normalized spacial score (nSPS) is 13.4. The Morgan fingerprint density at radius 3 is 2.50 bits per heavy atom. The van der Waals surface area contributed by atoms with Gasteiger partial charge in [0.15, 0.2) is 0 Å². The maximum Gasteiger partial charge on any atom is 0.274 e. The van der Waals surface area contributed by atoms with Gasteiger partial charge in [-0.15, -0.1) is 0 Å². The molecular formula is C18H19F2N3O2S. The van der Waals surface area contributed by atoms with Crippen molar-refractivity contribution in [2.24, 2.45) is 4.40 Å². The van der Waals surface area contributed by atoms with Crippen LogP contribution >= 0.6 is 0 Å². The van der Waals surface area contributed by atoms with Crippen LogP contribution < -0.4 is 5.32 Å². The molecule has 1 aromatic heterocycles. The van der Waals surface area contributed by atoms with Gasteiger partial charge in [-0.1, -0.05) is 4.40 Å². The average molecular weight is 379 g/mol. The van der Waals surface area contributed by atoms with E-state index in [1.807, 2.05) is 0 Å². The Balaban J connectivity index is 2.25.